The number of nitrogens with zero attached hydrogens (tertiary/aromatic N) is 2. The van der Waals surface area contributed by atoms with Crippen molar-refractivity contribution in [2.75, 3.05) is 24.5 Å². The van der Waals surface area contributed by atoms with Crippen LogP contribution < -0.4 is 10.2 Å². The number of carbonyl (C=O) groups excluding carboxylic acids is 1. The number of nitrogens with one attached hydrogen (secondary N) is 1. The fraction of sp³-hybridized carbons (Fsp3) is 0.472. The standard InChI is InChI=1S/C36H41N3O7S/c1-20(47(43,44)45)19-37-31(40)16-21-6-8-27-25(14-21)35(2,3)33-23-18-24-30(46-29(23)10-12-38(27)33)11-13-39-28-9-7-22(17-32(41)42)15-26(28)36(4,5)34(24)39/h6-9,14-15,18,20,29-30H,10-13,16-17,19H2,1-5H3,(H2-,37,40,41,42,43,44,45)/p+1. The molecule has 0 saturated heterocycles. The van der Waals surface area contributed by atoms with Crippen LogP contribution in [0.4, 0.5) is 11.4 Å². The summed E-state index contributed by atoms with van der Waals surface area (Å²) in [5.41, 5.74) is 10.3. The Morgan fingerprint density at radius 2 is 1.72 bits per heavy atom. The number of fused-ring (bicyclic) bond motifs is 8. The molecular weight excluding hydrogens is 618 g/mol. The molecule has 3 unspecified atom stereocenters. The molecule has 0 saturated carbocycles. The van der Waals surface area contributed by atoms with Crippen molar-refractivity contribution in [2.24, 2.45) is 0 Å². The molecule has 0 bridgehead atoms. The highest BCUT2D eigenvalue weighted by atomic mass is 32.2. The van der Waals surface area contributed by atoms with Gasteiger partial charge >= 0.3 is 5.97 Å². The number of rotatable bonds is 7. The highest BCUT2D eigenvalue weighted by molar-refractivity contribution is 7.86. The Kier molecular flexibility index (Phi) is 7.35. The number of benzene rings is 2. The van der Waals surface area contributed by atoms with Gasteiger partial charge in [0.15, 0.2) is 12.3 Å². The zero-order chi connectivity index (χ0) is 33.6. The van der Waals surface area contributed by atoms with Gasteiger partial charge in [-0.05, 0) is 62.1 Å². The summed E-state index contributed by atoms with van der Waals surface area (Å²) in [7, 11) is -4.22. The topological polar surface area (TPSA) is 136 Å². The smallest absolute Gasteiger partial charge is 0.307 e. The Bertz CT molecular complexity index is 1940. The monoisotopic (exact) mass is 660 g/mol. The highest BCUT2D eigenvalue weighted by Gasteiger charge is 2.54. The maximum absolute atomic E-state index is 12.7. The quantitative estimate of drug-likeness (QED) is 0.298. The SMILES string of the molecule is CC(CNC(=O)Cc1ccc2c(c1)C(C)(C)C1=[N+]2CCC2OC3CCN4C(=C3C=C12)C(C)(C)c1cc(CC(=O)O)ccc14)S(=O)(=O)O. The maximum atomic E-state index is 12.7. The normalized spacial score (nSPS) is 24.0. The lowest BCUT2D eigenvalue weighted by atomic mass is 9.73. The molecular formula is C36H42N3O7S+. The molecule has 5 aliphatic heterocycles. The lowest BCUT2D eigenvalue weighted by Gasteiger charge is -2.42. The molecule has 10 nitrogen and oxygen atoms in total. The lowest BCUT2D eigenvalue weighted by Crippen LogP contribution is -2.47. The zero-order valence-electron chi connectivity index (χ0n) is 27.5. The van der Waals surface area contributed by atoms with Crippen LogP contribution >= 0.6 is 0 Å². The molecule has 2 aromatic carbocycles. The van der Waals surface area contributed by atoms with E-state index < -0.39 is 21.3 Å². The third-order valence-electron chi connectivity index (χ3n) is 10.7. The van der Waals surface area contributed by atoms with E-state index in [1.165, 1.54) is 29.5 Å². The Hall–Kier alpha value is -3.80. The van der Waals surface area contributed by atoms with E-state index in [0.29, 0.717) is 0 Å². The molecule has 7 rings (SSSR count). The lowest BCUT2D eigenvalue weighted by molar-refractivity contribution is -0.445. The van der Waals surface area contributed by atoms with Crippen LogP contribution in [0.3, 0.4) is 0 Å². The second-order valence-corrected chi connectivity index (χ2v) is 16.4. The average molecular weight is 661 g/mol. The van der Waals surface area contributed by atoms with Gasteiger partial charge in [-0.2, -0.15) is 13.0 Å². The fourth-order valence-electron chi connectivity index (χ4n) is 8.39. The molecule has 11 heteroatoms. The predicted molar refractivity (Wildman–Crippen MR) is 178 cm³/mol. The molecule has 0 aliphatic carbocycles. The van der Waals surface area contributed by atoms with Crippen molar-refractivity contribution in [2.45, 2.75) is 88.6 Å². The third kappa shape index (κ3) is 5.14. The number of ether oxygens (including phenoxy) is 1. The van der Waals surface area contributed by atoms with Gasteiger partial charge in [0.05, 0.1) is 30.5 Å². The van der Waals surface area contributed by atoms with Crippen LogP contribution in [0.25, 0.3) is 0 Å². The first kappa shape index (κ1) is 31.8. The molecule has 248 valence electrons. The van der Waals surface area contributed by atoms with Crippen LogP contribution in [0.15, 0.2) is 59.3 Å². The molecule has 0 radical (unpaired) electrons. The molecule has 0 fully saturated rings. The van der Waals surface area contributed by atoms with E-state index in [1.54, 1.807) is 0 Å². The van der Waals surface area contributed by atoms with Crippen LogP contribution in [-0.2, 0) is 48.1 Å². The van der Waals surface area contributed by atoms with Crippen LogP contribution in [-0.4, -0.2) is 77.3 Å². The number of carboxylic acids is 1. The number of hydrogen-bond acceptors (Lipinski definition) is 6. The van der Waals surface area contributed by atoms with Gasteiger partial charge in [0.1, 0.15) is 5.25 Å². The zero-order valence-corrected chi connectivity index (χ0v) is 28.3. The number of aliphatic carboxylic acids is 1. The number of carbonyl (C=O) groups is 2. The summed E-state index contributed by atoms with van der Waals surface area (Å²) in [5.74, 6) is -1.14. The largest absolute Gasteiger partial charge is 0.481 e. The number of allylic oxidation sites excluding steroid dienone is 1. The highest BCUT2D eigenvalue weighted by Crippen LogP contribution is 2.54. The Labute approximate surface area is 275 Å². The Balaban J connectivity index is 1.22. The molecule has 0 aromatic heterocycles. The molecule has 1 amide bonds. The van der Waals surface area contributed by atoms with Crippen LogP contribution in [0.2, 0.25) is 0 Å². The van der Waals surface area contributed by atoms with Gasteiger partial charge in [0, 0.05) is 59.1 Å². The summed E-state index contributed by atoms with van der Waals surface area (Å²) >= 11 is 0. The van der Waals surface area contributed by atoms with Gasteiger partial charge in [-0.3, -0.25) is 14.1 Å². The van der Waals surface area contributed by atoms with Crippen molar-refractivity contribution < 1.29 is 37.0 Å². The summed E-state index contributed by atoms with van der Waals surface area (Å²) in [6, 6.07) is 12.2. The number of hydrogen-bond donors (Lipinski definition) is 3. The van der Waals surface area contributed by atoms with E-state index in [4.69, 9.17) is 4.74 Å². The number of carboxylic acid groups (broad SMARTS) is 1. The second kappa shape index (κ2) is 10.9. The van der Waals surface area contributed by atoms with E-state index >= 15 is 0 Å². The summed E-state index contributed by atoms with van der Waals surface area (Å²) in [4.78, 5) is 26.6. The third-order valence-corrected chi connectivity index (χ3v) is 11.9. The van der Waals surface area contributed by atoms with Crippen molar-refractivity contribution in [1.82, 2.24) is 5.32 Å². The summed E-state index contributed by atoms with van der Waals surface area (Å²) in [6.07, 6.45) is 4.20. The molecule has 0 spiro atoms. The van der Waals surface area contributed by atoms with Gasteiger partial charge in [-0.25, -0.2) is 0 Å². The van der Waals surface area contributed by atoms with E-state index in [-0.39, 0.29) is 48.3 Å². The summed E-state index contributed by atoms with van der Waals surface area (Å²) in [5, 5.41) is 11.0. The minimum Gasteiger partial charge on any atom is -0.481 e. The molecule has 47 heavy (non-hydrogen) atoms. The van der Waals surface area contributed by atoms with Crippen molar-refractivity contribution in [3.8, 4) is 0 Å². The van der Waals surface area contributed by atoms with Crippen molar-refractivity contribution >= 4 is 39.1 Å². The molecule has 5 heterocycles. The second-order valence-electron chi connectivity index (χ2n) is 14.6. The van der Waals surface area contributed by atoms with Gasteiger partial charge < -0.3 is 20.1 Å². The number of anilines is 1. The molecule has 3 N–H and O–H groups in total. The first-order valence-corrected chi connectivity index (χ1v) is 17.8. The van der Waals surface area contributed by atoms with Crippen molar-refractivity contribution in [1.29, 1.82) is 0 Å². The Morgan fingerprint density at radius 3 is 2.45 bits per heavy atom. The van der Waals surface area contributed by atoms with E-state index in [2.05, 4.69) is 72.8 Å². The van der Waals surface area contributed by atoms with Crippen LogP contribution in [0, 0.1) is 0 Å². The van der Waals surface area contributed by atoms with Gasteiger partial charge in [0.2, 0.25) is 11.6 Å². The fourth-order valence-corrected chi connectivity index (χ4v) is 8.69. The van der Waals surface area contributed by atoms with Gasteiger partial charge in [-0.15, -0.1) is 0 Å². The first-order valence-electron chi connectivity index (χ1n) is 16.3. The predicted octanol–water partition coefficient (Wildman–Crippen LogP) is 4.18. The van der Waals surface area contributed by atoms with E-state index in [0.717, 1.165) is 59.6 Å². The average Bonchev–Trinajstić information content (AvgIpc) is 3.37. The molecule has 2 aromatic rings. The van der Waals surface area contributed by atoms with E-state index in [9.17, 15) is 27.7 Å². The maximum Gasteiger partial charge on any atom is 0.307 e. The van der Waals surface area contributed by atoms with Gasteiger partial charge in [0.25, 0.3) is 10.1 Å². The van der Waals surface area contributed by atoms with Crippen molar-refractivity contribution in [3.63, 3.8) is 0 Å². The number of amides is 1. The van der Waals surface area contributed by atoms with Crippen LogP contribution in [0.5, 0.6) is 0 Å². The van der Waals surface area contributed by atoms with Crippen molar-refractivity contribution in [3.05, 3.63) is 81.6 Å². The molecule has 3 atom stereocenters. The van der Waals surface area contributed by atoms with E-state index in [1.807, 2.05) is 12.1 Å². The van der Waals surface area contributed by atoms with Gasteiger partial charge in [-0.1, -0.05) is 32.0 Å². The minimum atomic E-state index is -4.22. The Morgan fingerprint density at radius 1 is 1.02 bits per heavy atom. The summed E-state index contributed by atoms with van der Waals surface area (Å²) in [6.45, 7) is 11.8. The molecule has 5 aliphatic rings. The summed E-state index contributed by atoms with van der Waals surface area (Å²) < 4.78 is 41.2. The first-order chi connectivity index (χ1) is 22.1. The minimum absolute atomic E-state index is 0.00381. The van der Waals surface area contributed by atoms with Crippen LogP contribution in [0.1, 0.15) is 69.7 Å².